The van der Waals surface area contributed by atoms with Crippen LogP contribution >= 0.6 is 23.2 Å². The average Bonchev–Trinajstić information content (AvgIpc) is 2.64. The summed E-state index contributed by atoms with van der Waals surface area (Å²) in [6.07, 6.45) is -0.410. The van der Waals surface area contributed by atoms with Crippen LogP contribution < -0.4 is 10.1 Å². The van der Waals surface area contributed by atoms with Gasteiger partial charge in [0.1, 0.15) is 17.9 Å². The lowest BCUT2D eigenvalue weighted by Gasteiger charge is -2.17. The lowest BCUT2D eigenvalue weighted by atomic mass is 10.0. The second-order valence-electron chi connectivity index (χ2n) is 6.68. The number of nitrogens with one attached hydrogen (secondary N) is 1. The van der Waals surface area contributed by atoms with E-state index in [4.69, 9.17) is 32.7 Å². The molecule has 2 aromatic carbocycles. The molecule has 0 atom stereocenters. The van der Waals surface area contributed by atoms with E-state index in [1.54, 1.807) is 32.0 Å². The molecule has 0 fully saturated rings. The first-order chi connectivity index (χ1) is 13.6. The zero-order chi connectivity index (χ0) is 21.7. The number of carbonyl (C=O) groups excluding carboxylic acids is 2. The standard InChI is InChI=1S/C21H23Cl2NO5/c1-5-28-19(27)10-18(26)24-16-9-15(22)21(20(23)12(16)4)29-13-6-7-17(25)14(8-13)11(2)3/h6-9,11,25H,5,10H2,1-4H3,(H,24,26). The maximum absolute atomic E-state index is 12.0. The molecule has 0 radical (unpaired) electrons. The van der Waals surface area contributed by atoms with Crippen LogP contribution in [0.1, 0.15) is 44.2 Å². The van der Waals surface area contributed by atoms with Crippen molar-refractivity contribution in [3.63, 3.8) is 0 Å². The van der Waals surface area contributed by atoms with E-state index in [1.807, 2.05) is 13.8 Å². The zero-order valence-electron chi connectivity index (χ0n) is 16.6. The summed E-state index contributed by atoms with van der Waals surface area (Å²) in [6, 6.07) is 6.38. The third kappa shape index (κ3) is 5.78. The molecule has 1 amide bonds. The first-order valence-electron chi connectivity index (χ1n) is 9.08. The molecule has 0 aliphatic carbocycles. The number of halogens is 2. The van der Waals surface area contributed by atoms with E-state index in [0.717, 1.165) is 5.56 Å². The Bertz CT molecular complexity index is 928. The lowest BCUT2D eigenvalue weighted by molar-refractivity contribution is -0.145. The van der Waals surface area contributed by atoms with Crippen molar-refractivity contribution in [2.75, 3.05) is 11.9 Å². The van der Waals surface area contributed by atoms with Gasteiger partial charge in [0.15, 0.2) is 5.75 Å². The summed E-state index contributed by atoms with van der Waals surface area (Å²) in [6.45, 7) is 7.47. The fourth-order valence-corrected chi connectivity index (χ4v) is 3.16. The molecule has 0 aliphatic heterocycles. The van der Waals surface area contributed by atoms with Crippen LogP contribution in [0.4, 0.5) is 5.69 Å². The Kier molecular flexibility index (Phi) is 7.76. The molecule has 2 N–H and O–H groups in total. The third-order valence-electron chi connectivity index (χ3n) is 4.15. The highest BCUT2D eigenvalue weighted by Crippen LogP contribution is 2.42. The SMILES string of the molecule is CCOC(=O)CC(=O)Nc1cc(Cl)c(Oc2ccc(O)c(C(C)C)c2)c(Cl)c1C. The Morgan fingerprint density at radius 3 is 2.52 bits per heavy atom. The molecule has 8 heteroatoms. The van der Waals surface area contributed by atoms with Crippen molar-refractivity contribution in [1.29, 1.82) is 0 Å². The Morgan fingerprint density at radius 1 is 1.21 bits per heavy atom. The van der Waals surface area contributed by atoms with Crippen LogP contribution in [0.15, 0.2) is 24.3 Å². The van der Waals surface area contributed by atoms with E-state index in [-0.39, 0.29) is 34.1 Å². The molecular formula is C21H23Cl2NO5. The minimum absolute atomic E-state index is 0.100. The van der Waals surface area contributed by atoms with Crippen LogP contribution in [-0.4, -0.2) is 23.6 Å². The van der Waals surface area contributed by atoms with Gasteiger partial charge < -0.3 is 19.9 Å². The maximum Gasteiger partial charge on any atom is 0.315 e. The Hall–Kier alpha value is -2.44. The summed E-state index contributed by atoms with van der Waals surface area (Å²) >= 11 is 12.8. The minimum atomic E-state index is -0.618. The van der Waals surface area contributed by atoms with Gasteiger partial charge >= 0.3 is 5.97 Å². The fourth-order valence-electron chi connectivity index (χ4n) is 2.63. The van der Waals surface area contributed by atoms with Crippen LogP contribution in [0.3, 0.4) is 0 Å². The molecule has 0 saturated heterocycles. The quantitative estimate of drug-likeness (QED) is 0.419. The van der Waals surface area contributed by atoms with Crippen molar-refractivity contribution in [2.24, 2.45) is 0 Å². The average molecular weight is 440 g/mol. The van der Waals surface area contributed by atoms with Gasteiger partial charge in [-0.15, -0.1) is 0 Å². The number of phenols is 1. The van der Waals surface area contributed by atoms with Crippen molar-refractivity contribution >= 4 is 40.8 Å². The second-order valence-corrected chi connectivity index (χ2v) is 7.47. The summed E-state index contributed by atoms with van der Waals surface area (Å²) in [4.78, 5) is 23.5. The van der Waals surface area contributed by atoms with Gasteiger partial charge in [-0.3, -0.25) is 9.59 Å². The van der Waals surface area contributed by atoms with Gasteiger partial charge in [0, 0.05) is 11.3 Å². The van der Waals surface area contributed by atoms with Crippen LogP contribution in [0.25, 0.3) is 0 Å². The predicted octanol–water partition coefficient (Wildman–Crippen LogP) is 5.81. The maximum atomic E-state index is 12.0. The zero-order valence-corrected chi connectivity index (χ0v) is 18.1. The lowest BCUT2D eigenvalue weighted by Crippen LogP contribution is -2.18. The van der Waals surface area contributed by atoms with Crippen LogP contribution in [-0.2, 0) is 14.3 Å². The highest BCUT2D eigenvalue weighted by atomic mass is 35.5. The molecule has 156 valence electrons. The van der Waals surface area contributed by atoms with Crippen LogP contribution in [0.5, 0.6) is 17.2 Å². The van der Waals surface area contributed by atoms with E-state index in [0.29, 0.717) is 17.0 Å². The summed E-state index contributed by atoms with van der Waals surface area (Å²) in [7, 11) is 0. The number of hydrogen-bond acceptors (Lipinski definition) is 5. The van der Waals surface area contributed by atoms with E-state index in [1.165, 1.54) is 6.07 Å². The summed E-state index contributed by atoms with van der Waals surface area (Å²) in [5.74, 6) is -0.174. The molecule has 29 heavy (non-hydrogen) atoms. The van der Waals surface area contributed by atoms with Gasteiger partial charge in [0.2, 0.25) is 5.91 Å². The summed E-state index contributed by atoms with van der Waals surface area (Å²) < 4.78 is 10.6. The number of benzene rings is 2. The normalized spacial score (nSPS) is 10.7. The molecule has 2 rings (SSSR count). The van der Waals surface area contributed by atoms with Gasteiger partial charge in [0.25, 0.3) is 0 Å². The third-order valence-corrected chi connectivity index (χ3v) is 4.88. The van der Waals surface area contributed by atoms with Gasteiger partial charge in [-0.2, -0.15) is 0 Å². The number of aromatic hydroxyl groups is 1. The van der Waals surface area contributed by atoms with Gasteiger partial charge in [0.05, 0.1) is 16.7 Å². The number of phenolic OH excluding ortho intramolecular Hbond substituents is 1. The first kappa shape index (κ1) is 22.8. The Balaban J connectivity index is 2.26. The molecule has 0 saturated carbocycles. The van der Waals surface area contributed by atoms with Gasteiger partial charge in [-0.1, -0.05) is 37.0 Å². The van der Waals surface area contributed by atoms with Crippen molar-refractivity contribution < 1.29 is 24.2 Å². The van der Waals surface area contributed by atoms with Crippen molar-refractivity contribution in [3.8, 4) is 17.2 Å². The van der Waals surface area contributed by atoms with Crippen molar-refractivity contribution in [3.05, 3.63) is 45.4 Å². The second kappa shape index (κ2) is 9.85. The van der Waals surface area contributed by atoms with Crippen LogP contribution in [0, 0.1) is 6.92 Å². The topological polar surface area (TPSA) is 84.9 Å². The molecule has 0 unspecified atom stereocenters. The van der Waals surface area contributed by atoms with E-state index in [9.17, 15) is 14.7 Å². The molecule has 6 nitrogen and oxygen atoms in total. The number of carbonyl (C=O) groups is 2. The number of anilines is 1. The molecule has 2 aromatic rings. The first-order valence-corrected chi connectivity index (χ1v) is 9.84. The molecule has 0 aromatic heterocycles. The number of hydrogen-bond donors (Lipinski definition) is 2. The number of amides is 1. The van der Waals surface area contributed by atoms with E-state index >= 15 is 0 Å². The molecule has 0 spiro atoms. The number of rotatable bonds is 7. The summed E-state index contributed by atoms with van der Waals surface area (Å²) in [5.41, 5.74) is 1.63. The number of esters is 1. The molecular weight excluding hydrogens is 417 g/mol. The van der Waals surface area contributed by atoms with E-state index < -0.39 is 18.3 Å². The largest absolute Gasteiger partial charge is 0.508 e. The number of ether oxygens (including phenoxy) is 2. The van der Waals surface area contributed by atoms with Gasteiger partial charge in [-0.25, -0.2) is 0 Å². The molecule has 0 bridgehead atoms. The fraction of sp³-hybridized carbons (Fsp3) is 0.333. The highest BCUT2D eigenvalue weighted by molar-refractivity contribution is 6.38. The predicted molar refractivity (Wildman–Crippen MR) is 113 cm³/mol. The Morgan fingerprint density at radius 2 is 1.90 bits per heavy atom. The van der Waals surface area contributed by atoms with Crippen molar-refractivity contribution in [2.45, 2.75) is 40.0 Å². The Labute approximate surface area is 179 Å². The molecule has 0 heterocycles. The highest BCUT2D eigenvalue weighted by Gasteiger charge is 2.19. The van der Waals surface area contributed by atoms with E-state index in [2.05, 4.69) is 5.32 Å². The van der Waals surface area contributed by atoms with Gasteiger partial charge in [-0.05, 0) is 49.6 Å². The smallest absolute Gasteiger partial charge is 0.315 e. The van der Waals surface area contributed by atoms with Crippen molar-refractivity contribution in [1.82, 2.24) is 0 Å². The van der Waals surface area contributed by atoms with Crippen LogP contribution in [0.2, 0.25) is 10.0 Å². The summed E-state index contributed by atoms with van der Waals surface area (Å²) in [5, 5.41) is 13.0. The molecule has 0 aliphatic rings. The minimum Gasteiger partial charge on any atom is -0.508 e. The monoisotopic (exact) mass is 439 g/mol.